The van der Waals surface area contributed by atoms with Crippen LogP contribution >= 0.6 is 0 Å². The fraction of sp³-hybridized carbons (Fsp3) is 0.250. The van der Waals surface area contributed by atoms with E-state index in [4.69, 9.17) is 18.9 Å². The highest BCUT2D eigenvalue weighted by atomic mass is 16.6. The van der Waals surface area contributed by atoms with Crippen LogP contribution in [0.3, 0.4) is 0 Å². The fourth-order valence-corrected chi connectivity index (χ4v) is 3.57. The van der Waals surface area contributed by atoms with Gasteiger partial charge in [0.2, 0.25) is 12.0 Å². The monoisotopic (exact) mass is 368 g/mol. The van der Waals surface area contributed by atoms with Crippen LogP contribution < -0.4 is 19.5 Å². The number of rotatable bonds is 5. The van der Waals surface area contributed by atoms with E-state index < -0.39 is 6.23 Å². The Labute approximate surface area is 156 Å². The fourth-order valence-electron chi connectivity index (χ4n) is 3.57. The molecule has 0 saturated carbocycles. The number of hydrogen-bond donors (Lipinski definition) is 1. The number of esters is 1. The molecule has 0 amide bonds. The number of benzene rings is 2. The third-order valence-corrected chi connectivity index (χ3v) is 4.79. The van der Waals surface area contributed by atoms with E-state index in [1.54, 1.807) is 33.5 Å². The number of carbonyl (C=O) groups excluding carboxylic acids is 1. The summed E-state index contributed by atoms with van der Waals surface area (Å²) in [4.78, 5) is 12.5. The van der Waals surface area contributed by atoms with E-state index in [0.717, 1.165) is 16.5 Å². The van der Waals surface area contributed by atoms with Gasteiger partial charge in [0.15, 0.2) is 11.5 Å². The van der Waals surface area contributed by atoms with E-state index in [9.17, 15) is 4.79 Å². The van der Waals surface area contributed by atoms with Gasteiger partial charge in [-0.15, -0.1) is 0 Å². The quantitative estimate of drug-likeness (QED) is 0.695. The van der Waals surface area contributed by atoms with E-state index in [2.05, 4.69) is 5.32 Å². The Hall–Kier alpha value is -3.35. The van der Waals surface area contributed by atoms with Crippen LogP contribution in [0.1, 0.15) is 22.3 Å². The van der Waals surface area contributed by atoms with Gasteiger partial charge in [-0.2, -0.15) is 0 Å². The maximum Gasteiger partial charge on any atom is 0.357 e. The molecule has 0 bridgehead atoms. The van der Waals surface area contributed by atoms with Gasteiger partial charge in [-0.3, -0.25) is 0 Å². The van der Waals surface area contributed by atoms with Gasteiger partial charge in [0.25, 0.3) is 0 Å². The molecule has 7 heteroatoms. The molecule has 0 saturated heterocycles. The zero-order valence-electron chi connectivity index (χ0n) is 15.5. The van der Waals surface area contributed by atoms with Crippen molar-refractivity contribution >= 4 is 22.6 Å². The topological polar surface area (TPSA) is 71.0 Å². The Morgan fingerprint density at radius 2 is 1.70 bits per heavy atom. The average Bonchev–Trinajstić information content (AvgIpc) is 3.17. The molecule has 0 radical (unpaired) electrons. The van der Waals surface area contributed by atoms with Gasteiger partial charge in [-0.1, -0.05) is 18.2 Å². The number of ether oxygens (including phenoxy) is 4. The molecule has 2 aromatic carbocycles. The third-order valence-electron chi connectivity index (χ3n) is 4.79. The Balaban J connectivity index is 1.78. The number of methoxy groups -OCH3 is 3. The van der Waals surface area contributed by atoms with E-state index in [1.165, 1.54) is 0 Å². The van der Waals surface area contributed by atoms with Crippen molar-refractivity contribution in [3.63, 3.8) is 0 Å². The molecular formula is C20H20N2O5. The summed E-state index contributed by atoms with van der Waals surface area (Å²) in [5.74, 6) is 1.18. The lowest BCUT2D eigenvalue weighted by Crippen LogP contribution is -2.11. The van der Waals surface area contributed by atoms with Crippen molar-refractivity contribution in [2.24, 2.45) is 7.05 Å². The van der Waals surface area contributed by atoms with Crippen LogP contribution in [0.2, 0.25) is 0 Å². The summed E-state index contributed by atoms with van der Waals surface area (Å²) in [6.45, 7) is 0. The largest absolute Gasteiger partial charge is 0.493 e. The lowest BCUT2D eigenvalue weighted by molar-refractivity contribution is 0.0431. The average molecular weight is 368 g/mol. The van der Waals surface area contributed by atoms with Crippen LogP contribution in [-0.4, -0.2) is 31.9 Å². The van der Waals surface area contributed by atoms with Crippen molar-refractivity contribution in [3.05, 3.63) is 47.7 Å². The number of para-hydroxylation sites is 1. The molecule has 3 aromatic rings. The van der Waals surface area contributed by atoms with Crippen molar-refractivity contribution in [2.45, 2.75) is 6.23 Å². The Morgan fingerprint density at radius 1 is 1.04 bits per heavy atom. The van der Waals surface area contributed by atoms with Crippen molar-refractivity contribution in [3.8, 4) is 17.2 Å². The Morgan fingerprint density at radius 3 is 2.33 bits per heavy atom. The highest BCUT2D eigenvalue weighted by molar-refractivity contribution is 6.02. The van der Waals surface area contributed by atoms with Crippen molar-refractivity contribution in [2.75, 3.05) is 26.6 Å². The maximum absolute atomic E-state index is 12.5. The predicted octanol–water partition coefficient (Wildman–Crippen LogP) is 3.49. The highest BCUT2D eigenvalue weighted by Crippen LogP contribution is 2.43. The van der Waals surface area contributed by atoms with Gasteiger partial charge in [0.1, 0.15) is 5.69 Å². The molecule has 1 aliphatic rings. The molecule has 1 aliphatic heterocycles. The van der Waals surface area contributed by atoms with Crippen LogP contribution in [0.15, 0.2) is 36.4 Å². The minimum atomic E-state index is -0.610. The van der Waals surface area contributed by atoms with E-state index in [-0.39, 0.29) is 5.97 Å². The minimum Gasteiger partial charge on any atom is -0.493 e. The van der Waals surface area contributed by atoms with Gasteiger partial charge in [-0.25, -0.2) is 4.79 Å². The number of aromatic nitrogens is 1. The molecule has 4 rings (SSSR count). The van der Waals surface area contributed by atoms with Crippen LogP contribution in [-0.2, 0) is 11.8 Å². The molecule has 0 unspecified atom stereocenters. The summed E-state index contributed by atoms with van der Waals surface area (Å²) < 4.78 is 23.6. The first-order valence-corrected chi connectivity index (χ1v) is 8.43. The number of fused-ring (bicyclic) bond motifs is 3. The lowest BCUT2D eigenvalue weighted by Gasteiger charge is -2.18. The predicted molar refractivity (Wildman–Crippen MR) is 101 cm³/mol. The summed E-state index contributed by atoms with van der Waals surface area (Å²) in [5, 5.41) is 4.24. The summed E-state index contributed by atoms with van der Waals surface area (Å²) >= 11 is 0. The normalized spacial score (nSPS) is 15.4. The van der Waals surface area contributed by atoms with Gasteiger partial charge < -0.3 is 28.8 Å². The van der Waals surface area contributed by atoms with Crippen LogP contribution in [0.5, 0.6) is 17.2 Å². The Kier molecular flexibility index (Phi) is 4.07. The van der Waals surface area contributed by atoms with E-state index in [0.29, 0.717) is 28.6 Å². The zero-order valence-corrected chi connectivity index (χ0v) is 15.5. The van der Waals surface area contributed by atoms with Crippen molar-refractivity contribution in [1.82, 2.24) is 4.57 Å². The standard InChI is InChI=1S/C20H20N2O5/c1-22-13-8-6-5-7-12(13)16-17(22)20(23)27-19(16)21-11-9-14(24-2)18(26-4)15(10-11)25-3/h5-10,19,21H,1-4H3/t19-/m0/s1. The second-order valence-corrected chi connectivity index (χ2v) is 6.18. The van der Waals surface area contributed by atoms with Gasteiger partial charge in [0, 0.05) is 35.8 Å². The number of carbonyl (C=O) groups is 1. The van der Waals surface area contributed by atoms with E-state index in [1.807, 2.05) is 35.9 Å². The summed E-state index contributed by atoms with van der Waals surface area (Å²) in [6.07, 6.45) is -0.610. The number of nitrogens with zero attached hydrogens (tertiary/aromatic N) is 1. The SMILES string of the molecule is COc1cc(N[C@H]2OC(=O)c3c2c2ccccc2n3C)cc(OC)c1OC. The second kappa shape index (κ2) is 6.42. The third kappa shape index (κ3) is 2.54. The smallest absolute Gasteiger partial charge is 0.357 e. The molecule has 0 fully saturated rings. The molecule has 140 valence electrons. The minimum absolute atomic E-state index is 0.353. The molecule has 1 atom stereocenters. The first kappa shape index (κ1) is 17.1. The first-order chi connectivity index (χ1) is 13.1. The molecule has 1 aromatic heterocycles. The van der Waals surface area contributed by atoms with Crippen molar-refractivity contribution in [1.29, 1.82) is 0 Å². The molecule has 0 spiro atoms. The summed E-state index contributed by atoms with van der Waals surface area (Å²) in [7, 11) is 6.53. The number of hydrogen-bond acceptors (Lipinski definition) is 6. The van der Waals surface area contributed by atoms with Crippen LogP contribution in [0.4, 0.5) is 5.69 Å². The molecule has 0 aliphatic carbocycles. The molecule has 7 nitrogen and oxygen atoms in total. The summed E-state index contributed by atoms with van der Waals surface area (Å²) in [5.41, 5.74) is 3.05. The van der Waals surface area contributed by atoms with E-state index >= 15 is 0 Å². The zero-order chi connectivity index (χ0) is 19.1. The first-order valence-electron chi connectivity index (χ1n) is 8.43. The lowest BCUT2D eigenvalue weighted by atomic mass is 10.1. The number of cyclic esters (lactones) is 1. The van der Waals surface area contributed by atoms with Gasteiger partial charge in [-0.05, 0) is 6.07 Å². The van der Waals surface area contributed by atoms with Crippen molar-refractivity contribution < 1.29 is 23.7 Å². The van der Waals surface area contributed by atoms with Crippen LogP contribution in [0, 0.1) is 0 Å². The number of nitrogens with one attached hydrogen (secondary N) is 1. The number of aryl methyl sites for hydroxylation is 1. The van der Waals surface area contributed by atoms with Gasteiger partial charge >= 0.3 is 5.97 Å². The molecule has 27 heavy (non-hydrogen) atoms. The molecular weight excluding hydrogens is 348 g/mol. The van der Waals surface area contributed by atoms with Crippen LogP contribution in [0.25, 0.3) is 10.9 Å². The molecule has 2 heterocycles. The molecule has 1 N–H and O–H groups in total. The number of anilines is 1. The second-order valence-electron chi connectivity index (χ2n) is 6.18. The summed E-state index contributed by atoms with van der Waals surface area (Å²) in [6, 6.07) is 11.4. The Bertz CT molecular complexity index is 1020. The van der Waals surface area contributed by atoms with Gasteiger partial charge in [0.05, 0.1) is 26.9 Å². The maximum atomic E-state index is 12.5. The highest BCUT2D eigenvalue weighted by Gasteiger charge is 2.37.